The van der Waals surface area contributed by atoms with E-state index in [0.717, 1.165) is 32.3 Å². The summed E-state index contributed by atoms with van der Waals surface area (Å²) in [6, 6.07) is 10.7. The summed E-state index contributed by atoms with van der Waals surface area (Å²) in [6.45, 7) is 3.29. The van der Waals surface area contributed by atoms with E-state index in [2.05, 4.69) is 11.7 Å². The van der Waals surface area contributed by atoms with E-state index in [1.807, 2.05) is 0 Å². The minimum absolute atomic E-state index is 0. The molecule has 200 valence electrons. The average Bonchev–Trinajstić information content (AvgIpc) is 2.78. The molecule has 2 aromatic rings. The van der Waals surface area contributed by atoms with Gasteiger partial charge in [0.05, 0.1) is 4.90 Å². The van der Waals surface area contributed by atoms with Crippen molar-refractivity contribution in [2.75, 3.05) is 0 Å². The van der Waals surface area contributed by atoms with E-state index in [1.165, 1.54) is 62.1 Å². The van der Waals surface area contributed by atoms with Crippen LogP contribution in [0, 0.1) is 0 Å². The predicted molar refractivity (Wildman–Crippen MR) is 130 cm³/mol. The second-order valence-electron chi connectivity index (χ2n) is 7.76. The van der Waals surface area contributed by atoms with Crippen LogP contribution in [0.1, 0.15) is 65.2 Å². The molecule has 0 atom stereocenters. The van der Waals surface area contributed by atoms with Crippen molar-refractivity contribution in [1.29, 1.82) is 0 Å². The van der Waals surface area contributed by atoms with E-state index in [-0.39, 0.29) is 52.4 Å². The van der Waals surface area contributed by atoms with Crippen molar-refractivity contribution >= 4 is 32.2 Å². The third kappa shape index (κ3) is 14.6. The van der Waals surface area contributed by atoms with Crippen molar-refractivity contribution in [1.82, 2.24) is 0 Å². The van der Waals surface area contributed by atoms with Crippen molar-refractivity contribution in [3.8, 4) is 11.5 Å². The quantitative estimate of drug-likeness (QED) is 0.131. The smallest absolute Gasteiger partial charge is 0.744 e. The van der Waals surface area contributed by atoms with Crippen LogP contribution in [-0.4, -0.2) is 37.9 Å². The molecule has 0 aliphatic carbocycles. The monoisotopic (exact) mass is 566 g/mol. The molecule has 0 bridgehead atoms. The van der Waals surface area contributed by atoms with Crippen molar-refractivity contribution in [2.45, 2.75) is 75.0 Å². The van der Waals surface area contributed by atoms with Gasteiger partial charge in [-0.25, -0.2) is 8.42 Å². The molecule has 2 rings (SSSR count). The Bertz CT molecular complexity index is 1210. The van der Waals surface area contributed by atoms with Gasteiger partial charge in [-0.1, -0.05) is 69.7 Å². The Balaban J connectivity index is 0.000000747. The number of benzene rings is 2. The van der Waals surface area contributed by atoms with Gasteiger partial charge < -0.3 is 14.0 Å². The van der Waals surface area contributed by atoms with Gasteiger partial charge in [0.15, 0.2) is 5.75 Å². The van der Waals surface area contributed by atoms with Crippen molar-refractivity contribution in [3.63, 3.8) is 0 Å². The molecular formula is C24H31NaO10S2. The summed E-state index contributed by atoms with van der Waals surface area (Å²) in [5.74, 6) is -1.53. The van der Waals surface area contributed by atoms with Crippen LogP contribution < -0.4 is 39.0 Å². The van der Waals surface area contributed by atoms with Crippen LogP contribution in [0.25, 0.3) is 0 Å². The standard InChI is InChI=1S/C16H24O5S.C8H8O5S.Na/c1-2-3-4-5-6-7-8-13-16(17)21-14-11-9-10-12-15(14)22(18,19)20;1-6(9)13-7-4-2-3-5-8(7)14(10,11)12;/h9-12H,2-8,13H2,1H3,(H,18,19,20);2-5H,1H3,(H,10,11,12);/q;;+1/p-1. The van der Waals surface area contributed by atoms with Gasteiger partial charge in [-0.2, -0.15) is 8.42 Å². The fourth-order valence-corrected chi connectivity index (χ4v) is 4.26. The van der Waals surface area contributed by atoms with Gasteiger partial charge in [0.25, 0.3) is 10.1 Å². The Hall–Kier alpha value is -1.80. The molecule has 0 unspecified atom stereocenters. The number of esters is 2. The molecule has 0 fully saturated rings. The van der Waals surface area contributed by atoms with Gasteiger partial charge in [-0.15, -0.1) is 0 Å². The van der Waals surface area contributed by atoms with E-state index in [4.69, 9.17) is 9.29 Å². The number of unbranched alkanes of at least 4 members (excludes halogenated alkanes) is 6. The van der Waals surface area contributed by atoms with Gasteiger partial charge in [0.1, 0.15) is 20.8 Å². The number of hydrogen-bond acceptors (Lipinski definition) is 9. The fraction of sp³-hybridized carbons (Fsp3) is 0.417. The molecule has 0 saturated carbocycles. The summed E-state index contributed by atoms with van der Waals surface area (Å²) in [4.78, 5) is 21.4. The zero-order valence-electron chi connectivity index (χ0n) is 21.2. The number of carbonyl (C=O) groups is 2. The van der Waals surface area contributed by atoms with Gasteiger partial charge in [0, 0.05) is 13.3 Å². The van der Waals surface area contributed by atoms with E-state index in [0.29, 0.717) is 0 Å². The number of carbonyl (C=O) groups excluding carboxylic acids is 2. The summed E-state index contributed by atoms with van der Waals surface area (Å²) < 4.78 is 73.1. The van der Waals surface area contributed by atoms with Gasteiger partial charge >= 0.3 is 41.5 Å². The largest absolute Gasteiger partial charge is 1.00 e. The van der Waals surface area contributed by atoms with E-state index < -0.39 is 37.1 Å². The van der Waals surface area contributed by atoms with Crippen LogP contribution in [0.3, 0.4) is 0 Å². The number of rotatable bonds is 12. The summed E-state index contributed by atoms with van der Waals surface area (Å²) in [7, 11) is -9.00. The van der Waals surface area contributed by atoms with Crippen LogP contribution in [0.15, 0.2) is 58.3 Å². The molecule has 10 nitrogen and oxygen atoms in total. The van der Waals surface area contributed by atoms with Crippen LogP contribution in [-0.2, 0) is 29.8 Å². The Morgan fingerprint density at radius 1 is 0.784 bits per heavy atom. The molecule has 0 heterocycles. The first-order valence-corrected chi connectivity index (χ1v) is 14.2. The Morgan fingerprint density at radius 3 is 1.73 bits per heavy atom. The first-order chi connectivity index (χ1) is 16.9. The molecule has 0 aliphatic rings. The third-order valence-corrected chi connectivity index (χ3v) is 6.48. The maximum Gasteiger partial charge on any atom is 1.00 e. The molecule has 2 aromatic carbocycles. The molecule has 0 aromatic heterocycles. The van der Waals surface area contributed by atoms with Crippen LogP contribution in [0.5, 0.6) is 11.5 Å². The Morgan fingerprint density at radius 2 is 1.24 bits per heavy atom. The number of ether oxygens (including phenoxy) is 2. The SMILES string of the molecule is CC(=O)Oc1ccccc1S(=O)(=O)[O-].CCCCCCCCCC(=O)Oc1ccccc1S(=O)(=O)O.[Na+]. The Labute approximate surface area is 240 Å². The van der Waals surface area contributed by atoms with Crippen LogP contribution in [0.2, 0.25) is 0 Å². The first kappa shape index (κ1) is 35.2. The second kappa shape index (κ2) is 17.7. The summed E-state index contributed by atoms with van der Waals surface area (Å²) in [5.41, 5.74) is 0. The molecular weight excluding hydrogens is 535 g/mol. The van der Waals surface area contributed by atoms with Gasteiger partial charge in [0.2, 0.25) is 0 Å². The zero-order chi connectivity index (χ0) is 27.2. The normalized spacial score (nSPS) is 10.9. The van der Waals surface area contributed by atoms with Crippen LogP contribution >= 0.6 is 0 Å². The number of para-hydroxylation sites is 2. The van der Waals surface area contributed by atoms with Crippen molar-refractivity contribution < 1.29 is 74.6 Å². The first-order valence-electron chi connectivity index (χ1n) is 11.4. The second-order valence-corrected chi connectivity index (χ2v) is 10.5. The summed E-state index contributed by atoms with van der Waals surface area (Å²) >= 11 is 0. The molecule has 0 spiro atoms. The molecule has 37 heavy (non-hydrogen) atoms. The molecule has 0 amide bonds. The maximum absolute atomic E-state index is 11.7. The van der Waals surface area contributed by atoms with Gasteiger partial charge in [-0.3, -0.25) is 14.1 Å². The van der Waals surface area contributed by atoms with E-state index >= 15 is 0 Å². The number of hydrogen-bond donors (Lipinski definition) is 1. The molecule has 0 aliphatic heterocycles. The molecule has 0 saturated heterocycles. The predicted octanol–water partition coefficient (Wildman–Crippen LogP) is 1.50. The van der Waals surface area contributed by atoms with Crippen molar-refractivity contribution in [3.05, 3.63) is 48.5 Å². The van der Waals surface area contributed by atoms with Crippen LogP contribution in [0.4, 0.5) is 0 Å². The van der Waals surface area contributed by atoms with Crippen molar-refractivity contribution in [2.24, 2.45) is 0 Å². The van der Waals surface area contributed by atoms with E-state index in [1.54, 1.807) is 6.07 Å². The minimum atomic E-state index is -4.61. The minimum Gasteiger partial charge on any atom is -0.744 e. The summed E-state index contributed by atoms with van der Waals surface area (Å²) in [5, 5.41) is 0. The van der Waals surface area contributed by atoms with E-state index in [9.17, 15) is 31.0 Å². The topological polar surface area (TPSA) is 164 Å². The van der Waals surface area contributed by atoms with Gasteiger partial charge in [-0.05, 0) is 30.7 Å². The fourth-order valence-electron chi connectivity index (χ4n) is 3.04. The average molecular weight is 567 g/mol. The molecule has 0 radical (unpaired) electrons. The summed E-state index contributed by atoms with van der Waals surface area (Å²) in [6.07, 6.45) is 7.87. The molecule has 13 heteroatoms. The third-order valence-electron chi connectivity index (χ3n) is 4.71. The zero-order valence-corrected chi connectivity index (χ0v) is 24.8. The Kier molecular flexibility index (Phi) is 16.8. The maximum atomic E-state index is 11.7. The molecule has 1 N–H and O–H groups in total.